The molecule has 2 N–H and O–H groups in total. The van der Waals surface area contributed by atoms with Crippen LogP contribution in [0.2, 0.25) is 28.2 Å². The van der Waals surface area contributed by atoms with E-state index in [1.54, 1.807) is 0 Å². The first kappa shape index (κ1) is 35.4. The Morgan fingerprint density at radius 2 is 1.79 bits per heavy atom. The topological polar surface area (TPSA) is 91.6 Å². The Balaban J connectivity index is 1.92. The first-order chi connectivity index (χ1) is 19.9. The summed E-state index contributed by atoms with van der Waals surface area (Å²) in [6, 6.07) is 8.13. The maximum atomic E-state index is 15.7. The number of benzene rings is 2. The molecule has 0 amide bonds. The Kier molecular flexibility index (Phi) is 11.1. The average Bonchev–Trinajstić information content (AvgIpc) is 3.21. The highest BCUT2D eigenvalue weighted by Crippen LogP contribution is 2.53. The number of carbonyl (C=O) groups is 1. The third kappa shape index (κ3) is 7.60. The highest BCUT2D eigenvalue weighted by atomic mass is 35.5. The summed E-state index contributed by atoms with van der Waals surface area (Å²) in [6.45, 7) is 16.2. The minimum absolute atomic E-state index is 0.0557. The lowest BCUT2D eigenvalue weighted by Gasteiger charge is -2.38. The van der Waals surface area contributed by atoms with E-state index in [1.807, 2.05) is 13.8 Å². The number of aliphatic carboxylic acids is 1. The monoisotopic (exact) mass is 654 g/mol. The Bertz CT molecular complexity index is 1360. The SMILES string of the molecule is CC(C)(CCOCCO[Si](C)(C)C(C)(C)C)C[C@@H]1N[C@@H](C(=O)O)[C@H](c2cccc(Cl)c2F)[C@@]1(C#N)c1ccc(Cl)cc1F. The number of carboxylic acid groups (broad SMARTS) is 1. The van der Waals surface area contributed by atoms with Crippen LogP contribution in [0.4, 0.5) is 8.78 Å². The van der Waals surface area contributed by atoms with Crippen LogP contribution >= 0.6 is 23.2 Å². The summed E-state index contributed by atoms with van der Waals surface area (Å²) in [6.07, 6.45) is 0.846. The Hall–Kier alpha value is -2.06. The van der Waals surface area contributed by atoms with Gasteiger partial charge in [0.15, 0.2) is 8.32 Å². The van der Waals surface area contributed by atoms with Gasteiger partial charge in [0, 0.05) is 29.2 Å². The summed E-state index contributed by atoms with van der Waals surface area (Å²) in [5.74, 6) is -4.20. The number of hydrogen-bond donors (Lipinski definition) is 2. The molecule has 0 aromatic heterocycles. The maximum absolute atomic E-state index is 15.7. The van der Waals surface area contributed by atoms with Gasteiger partial charge in [-0.05, 0) is 60.2 Å². The number of halogens is 4. The molecule has 2 aromatic rings. The third-order valence-corrected chi connectivity index (χ3v) is 14.1. The van der Waals surface area contributed by atoms with Crippen LogP contribution in [0.5, 0.6) is 0 Å². The zero-order valence-corrected chi connectivity index (χ0v) is 28.4. The standard InChI is InChI=1S/C32H42Cl2F2N2O4Si/c1-30(2,3)43(6,7)42-16-15-41-14-13-31(4,5)18-25-32(19-37,22-12-11-20(33)17-24(22)35)26(28(38-25)29(39)40)21-9-8-10-23(34)27(21)36/h8-12,17,25-26,28,38H,13-16,18H2,1-7H3,(H,39,40)/t25-,26-,28+,32-/m0/s1. The number of nitrogens with one attached hydrogen (secondary N) is 1. The van der Waals surface area contributed by atoms with Crippen LogP contribution in [0.15, 0.2) is 36.4 Å². The highest BCUT2D eigenvalue weighted by molar-refractivity contribution is 6.74. The van der Waals surface area contributed by atoms with Crippen molar-refractivity contribution in [3.05, 3.63) is 69.2 Å². The van der Waals surface area contributed by atoms with Gasteiger partial charge in [0.2, 0.25) is 0 Å². The van der Waals surface area contributed by atoms with Crippen molar-refractivity contribution < 1.29 is 27.8 Å². The first-order valence-corrected chi connectivity index (χ1v) is 18.1. The van der Waals surface area contributed by atoms with Crippen LogP contribution in [0.1, 0.15) is 64.5 Å². The van der Waals surface area contributed by atoms with Crippen molar-refractivity contribution >= 4 is 37.5 Å². The Morgan fingerprint density at radius 1 is 1.12 bits per heavy atom. The van der Waals surface area contributed by atoms with Crippen LogP contribution < -0.4 is 5.32 Å². The average molecular weight is 656 g/mol. The molecule has 0 unspecified atom stereocenters. The van der Waals surface area contributed by atoms with Crippen molar-refractivity contribution in [2.75, 3.05) is 19.8 Å². The molecule has 236 valence electrons. The van der Waals surface area contributed by atoms with Crippen molar-refractivity contribution in [1.82, 2.24) is 5.32 Å². The van der Waals surface area contributed by atoms with Gasteiger partial charge >= 0.3 is 5.97 Å². The lowest BCUT2D eigenvalue weighted by Crippen LogP contribution is -2.45. The summed E-state index contributed by atoms with van der Waals surface area (Å²) in [5.41, 5.74) is -2.42. The summed E-state index contributed by atoms with van der Waals surface area (Å²) in [4.78, 5) is 12.6. The van der Waals surface area contributed by atoms with Crippen LogP contribution in [-0.4, -0.2) is 51.3 Å². The number of nitriles is 1. The molecule has 43 heavy (non-hydrogen) atoms. The van der Waals surface area contributed by atoms with Crippen molar-refractivity contribution in [3.8, 4) is 6.07 Å². The lowest BCUT2D eigenvalue weighted by atomic mass is 9.62. The number of carboxylic acids is 1. The van der Waals surface area contributed by atoms with E-state index in [0.29, 0.717) is 26.2 Å². The quantitative estimate of drug-likeness (QED) is 0.178. The smallest absolute Gasteiger partial charge is 0.321 e. The molecule has 0 bridgehead atoms. The van der Waals surface area contributed by atoms with E-state index >= 15 is 8.78 Å². The number of ether oxygens (including phenoxy) is 1. The summed E-state index contributed by atoms with van der Waals surface area (Å²) >= 11 is 12.1. The summed E-state index contributed by atoms with van der Waals surface area (Å²) in [7, 11) is -1.89. The summed E-state index contributed by atoms with van der Waals surface area (Å²) < 4.78 is 43.2. The Labute approximate surface area is 264 Å². The minimum Gasteiger partial charge on any atom is -0.480 e. The van der Waals surface area contributed by atoms with Crippen LogP contribution in [0, 0.1) is 28.4 Å². The molecule has 1 heterocycles. The molecule has 6 nitrogen and oxygen atoms in total. The molecule has 1 saturated heterocycles. The van der Waals surface area contributed by atoms with Crippen molar-refractivity contribution in [2.45, 2.75) is 89.0 Å². The predicted molar refractivity (Wildman–Crippen MR) is 168 cm³/mol. The van der Waals surface area contributed by atoms with Gasteiger partial charge in [-0.25, -0.2) is 8.78 Å². The van der Waals surface area contributed by atoms with Crippen LogP contribution in [0.25, 0.3) is 0 Å². The van der Waals surface area contributed by atoms with E-state index in [-0.39, 0.29) is 32.6 Å². The fourth-order valence-electron chi connectivity index (χ4n) is 5.61. The minimum atomic E-state index is -1.89. The predicted octanol–water partition coefficient (Wildman–Crippen LogP) is 8.09. The van der Waals surface area contributed by atoms with Gasteiger partial charge in [0.05, 0.1) is 24.3 Å². The van der Waals surface area contributed by atoms with Crippen molar-refractivity contribution in [2.24, 2.45) is 5.41 Å². The van der Waals surface area contributed by atoms with Crippen LogP contribution in [0.3, 0.4) is 0 Å². The van der Waals surface area contributed by atoms with E-state index in [2.05, 4.69) is 45.3 Å². The van der Waals surface area contributed by atoms with Gasteiger partial charge in [0.1, 0.15) is 23.1 Å². The van der Waals surface area contributed by atoms with Gasteiger partial charge in [0.25, 0.3) is 0 Å². The molecule has 0 radical (unpaired) electrons. The zero-order valence-electron chi connectivity index (χ0n) is 25.9. The second-order valence-electron chi connectivity index (χ2n) is 13.6. The molecular formula is C32H42Cl2F2N2O4Si. The van der Waals surface area contributed by atoms with E-state index in [1.165, 1.54) is 30.3 Å². The normalized spacial score (nSPS) is 22.9. The van der Waals surface area contributed by atoms with Gasteiger partial charge < -0.3 is 14.3 Å². The first-order valence-electron chi connectivity index (χ1n) is 14.4. The molecular weight excluding hydrogens is 613 g/mol. The molecule has 0 saturated carbocycles. The second-order valence-corrected chi connectivity index (χ2v) is 19.3. The molecule has 3 rings (SSSR count). The van der Waals surface area contributed by atoms with Gasteiger partial charge in [-0.3, -0.25) is 10.1 Å². The number of rotatable bonds is 12. The van der Waals surface area contributed by atoms with E-state index in [4.69, 9.17) is 32.4 Å². The Morgan fingerprint density at radius 3 is 2.37 bits per heavy atom. The molecule has 2 aromatic carbocycles. The van der Waals surface area contributed by atoms with Crippen LogP contribution in [-0.2, 0) is 19.4 Å². The molecule has 0 spiro atoms. The molecule has 1 aliphatic rings. The fourth-order valence-corrected chi connectivity index (χ4v) is 6.98. The number of hydrogen-bond acceptors (Lipinski definition) is 5. The molecule has 11 heteroatoms. The van der Waals surface area contributed by atoms with E-state index in [9.17, 15) is 15.2 Å². The summed E-state index contributed by atoms with van der Waals surface area (Å²) in [5, 5.41) is 24.2. The zero-order chi connectivity index (χ0) is 32.4. The maximum Gasteiger partial charge on any atom is 0.321 e. The number of nitrogens with zero attached hydrogens (tertiary/aromatic N) is 1. The fraction of sp³-hybridized carbons (Fsp3) is 0.562. The van der Waals surface area contributed by atoms with Crippen molar-refractivity contribution in [1.29, 1.82) is 5.26 Å². The molecule has 4 atom stereocenters. The van der Waals surface area contributed by atoms with Gasteiger partial charge in [-0.1, -0.05) is 76.0 Å². The lowest BCUT2D eigenvalue weighted by molar-refractivity contribution is -0.139. The molecule has 1 fully saturated rings. The third-order valence-electron chi connectivity index (χ3n) is 9.08. The van der Waals surface area contributed by atoms with E-state index in [0.717, 1.165) is 6.07 Å². The highest BCUT2D eigenvalue weighted by Gasteiger charge is 2.61. The van der Waals surface area contributed by atoms with Gasteiger partial charge in [-0.2, -0.15) is 5.26 Å². The van der Waals surface area contributed by atoms with Crippen molar-refractivity contribution in [3.63, 3.8) is 0 Å². The van der Waals surface area contributed by atoms with Gasteiger partial charge in [-0.15, -0.1) is 0 Å². The second kappa shape index (κ2) is 13.5. The largest absolute Gasteiger partial charge is 0.480 e. The van der Waals surface area contributed by atoms with E-state index < -0.39 is 54.8 Å². The molecule has 0 aliphatic carbocycles. The molecule has 1 aliphatic heterocycles.